The average Bonchev–Trinajstić information content (AvgIpc) is 3.14. The molecule has 5 rings (SSSR count). The number of alkyl halides is 3. The Morgan fingerprint density at radius 2 is 1.57 bits per heavy atom. The lowest BCUT2D eigenvalue weighted by Gasteiger charge is -2.16. The molecule has 0 unspecified atom stereocenters. The molecule has 0 radical (unpaired) electrons. The molecule has 0 aliphatic heterocycles. The summed E-state index contributed by atoms with van der Waals surface area (Å²) in [7, 11) is -2.38. The maximum atomic E-state index is 13.8. The number of aromatic nitrogens is 2. The van der Waals surface area contributed by atoms with Crippen LogP contribution in [0.25, 0.3) is 33.3 Å². The average molecular weight is 522 g/mol. The van der Waals surface area contributed by atoms with Crippen molar-refractivity contribution in [3.05, 3.63) is 102 Å². The molecular weight excluding hydrogens is 499 g/mol. The van der Waals surface area contributed by atoms with Crippen molar-refractivity contribution in [1.82, 2.24) is 9.55 Å². The number of nitrogens with one attached hydrogen (secondary N) is 1. The van der Waals surface area contributed by atoms with Gasteiger partial charge >= 0.3 is 6.18 Å². The van der Waals surface area contributed by atoms with Crippen LogP contribution < -0.4 is 4.72 Å². The zero-order valence-electron chi connectivity index (χ0n) is 19.9. The zero-order chi connectivity index (χ0) is 26.4. The third-order valence-electron chi connectivity index (χ3n) is 6.23. The molecular formula is C28H22F3N3O2S. The van der Waals surface area contributed by atoms with Gasteiger partial charge in [0, 0.05) is 29.8 Å². The first kappa shape index (κ1) is 24.6. The second kappa shape index (κ2) is 9.08. The van der Waals surface area contributed by atoms with Crippen LogP contribution in [0.2, 0.25) is 0 Å². The highest BCUT2D eigenvalue weighted by Gasteiger charge is 2.33. The Balaban J connectivity index is 1.81. The van der Waals surface area contributed by atoms with E-state index in [4.69, 9.17) is 0 Å². The third kappa shape index (κ3) is 4.58. The number of benzene rings is 3. The van der Waals surface area contributed by atoms with Crippen molar-refractivity contribution in [2.45, 2.75) is 18.0 Å². The maximum absolute atomic E-state index is 13.8. The lowest BCUT2D eigenvalue weighted by molar-refractivity contribution is -0.137. The minimum atomic E-state index is -4.59. The van der Waals surface area contributed by atoms with Crippen LogP contribution >= 0.6 is 0 Å². The predicted molar refractivity (Wildman–Crippen MR) is 139 cm³/mol. The summed E-state index contributed by atoms with van der Waals surface area (Å²) in [5, 5.41) is 0.600. The molecule has 0 saturated heterocycles. The van der Waals surface area contributed by atoms with Gasteiger partial charge < -0.3 is 4.57 Å². The van der Waals surface area contributed by atoms with Crippen molar-refractivity contribution in [2.75, 3.05) is 4.72 Å². The Morgan fingerprint density at radius 3 is 2.24 bits per heavy atom. The van der Waals surface area contributed by atoms with Crippen molar-refractivity contribution < 1.29 is 21.6 Å². The molecule has 1 N–H and O–H groups in total. The number of fused-ring (bicyclic) bond motifs is 1. The lowest BCUT2D eigenvalue weighted by atomic mass is 9.94. The van der Waals surface area contributed by atoms with Crippen molar-refractivity contribution >= 4 is 26.7 Å². The minimum Gasteiger partial charge on any atom is -0.329 e. The van der Waals surface area contributed by atoms with Crippen molar-refractivity contribution in [3.63, 3.8) is 0 Å². The molecule has 0 saturated carbocycles. The van der Waals surface area contributed by atoms with Gasteiger partial charge in [-0.2, -0.15) is 13.2 Å². The van der Waals surface area contributed by atoms with E-state index in [1.54, 1.807) is 72.4 Å². The number of halogens is 3. The normalized spacial score (nSPS) is 12.1. The van der Waals surface area contributed by atoms with E-state index in [9.17, 15) is 21.6 Å². The summed E-state index contributed by atoms with van der Waals surface area (Å²) in [6, 6.07) is 22.0. The number of pyridine rings is 1. The summed E-state index contributed by atoms with van der Waals surface area (Å²) >= 11 is 0. The first-order valence-electron chi connectivity index (χ1n) is 11.4. The van der Waals surface area contributed by atoms with Gasteiger partial charge in [-0.15, -0.1) is 0 Å². The highest BCUT2D eigenvalue weighted by molar-refractivity contribution is 7.92. The topological polar surface area (TPSA) is 64.0 Å². The Morgan fingerprint density at radius 1 is 0.865 bits per heavy atom. The zero-order valence-corrected chi connectivity index (χ0v) is 20.7. The number of rotatable bonds is 5. The molecule has 37 heavy (non-hydrogen) atoms. The smallest absolute Gasteiger partial charge is 0.329 e. The second-order valence-electron chi connectivity index (χ2n) is 8.69. The van der Waals surface area contributed by atoms with E-state index < -0.39 is 21.8 Å². The number of sulfonamides is 1. The van der Waals surface area contributed by atoms with Gasteiger partial charge in [0.1, 0.15) is 5.82 Å². The first-order valence-corrected chi connectivity index (χ1v) is 12.8. The number of hydrogen-bond acceptors (Lipinski definition) is 3. The summed E-state index contributed by atoms with van der Waals surface area (Å²) in [6.07, 6.45) is -3.04. The number of hydrogen-bond donors (Lipinski definition) is 1. The molecule has 2 aromatic heterocycles. The van der Waals surface area contributed by atoms with Crippen LogP contribution in [0.1, 0.15) is 11.1 Å². The summed E-state index contributed by atoms with van der Waals surface area (Å²) < 4.78 is 72.6. The van der Waals surface area contributed by atoms with E-state index in [-0.39, 0.29) is 16.3 Å². The summed E-state index contributed by atoms with van der Waals surface area (Å²) in [5.74, 6) is 0.151. The van der Waals surface area contributed by atoms with E-state index in [0.29, 0.717) is 27.7 Å². The van der Waals surface area contributed by atoms with Gasteiger partial charge in [0.25, 0.3) is 10.0 Å². The predicted octanol–water partition coefficient (Wildman–Crippen LogP) is 7.04. The number of aryl methyl sites for hydroxylation is 2. The van der Waals surface area contributed by atoms with Crippen LogP contribution in [0, 0.1) is 6.92 Å². The van der Waals surface area contributed by atoms with Gasteiger partial charge in [-0.05, 0) is 55.0 Å². The van der Waals surface area contributed by atoms with E-state index in [1.165, 1.54) is 18.2 Å². The molecule has 5 nitrogen and oxygen atoms in total. The summed E-state index contributed by atoms with van der Waals surface area (Å²) in [6.45, 7) is 1.85. The van der Waals surface area contributed by atoms with Gasteiger partial charge in [0.2, 0.25) is 0 Å². The molecule has 0 amide bonds. The van der Waals surface area contributed by atoms with Crippen molar-refractivity contribution in [3.8, 4) is 22.4 Å². The Hall–Kier alpha value is -4.11. The van der Waals surface area contributed by atoms with E-state index >= 15 is 0 Å². The van der Waals surface area contributed by atoms with Crippen LogP contribution in [-0.4, -0.2) is 18.0 Å². The van der Waals surface area contributed by atoms with Gasteiger partial charge in [-0.3, -0.25) is 9.71 Å². The summed E-state index contributed by atoms with van der Waals surface area (Å²) in [5.41, 5.74) is 2.17. The first-order chi connectivity index (χ1) is 17.6. The highest BCUT2D eigenvalue weighted by atomic mass is 32.2. The number of nitrogens with zero attached hydrogens (tertiary/aromatic N) is 2. The molecule has 0 atom stereocenters. The van der Waals surface area contributed by atoms with Crippen LogP contribution in [0.4, 0.5) is 19.0 Å². The molecule has 0 aliphatic rings. The molecule has 0 fully saturated rings. The van der Waals surface area contributed by atoms with Crippen LogP contribution in [0.3, 0.4) is 0 Å². The quantitative estimate of drug-likeness (QED) is 0.270. The molecule has 2 heterocycles. The summed E-state index contributed by atoms with van der Waals surface area (Å²) in [4.78, 5) is 4.39. The van der Waals surface area contributed by atoms with Gasteiger partial charge in [-0.25, -0.2) is 8.42 Å². The van der Waals surface area contributed by atoms with Crippen LogP contribution in [-0.2, 0) is 23.2 Å². The molecule has 3 aromatic carbocycles. The lowest BCUT2D eigenvalue weighted by Crippen LogP contribution is -2.16. The van der Waals surface area contributed by atoms with Crippen LogP contribution in [0.5, 0.6) is 0 Å². The molecule has 0 aliphatic carbocycles. The van der Waals surface area contributed by atoms with E-state index in [1.807, 2.05) is 6.92 Å². The Labute approximate surface area is 212 Å². The monoisotopic (exact) mass is 521 g/mol. The van der Waals surface area contributed by atoms with Gasteiger partial charge in [0.05, 0.1) is 21.7 Å². The number of para-hydroxylation sites is 1. The van der Waals surface area contributed by atoms with Crippen molar-refractivity contribution in [1.29, 1.82) is 0 Å². The highest BCUT2D eigenvalue weighted by Crippen LogP contribution is 2.45. The van der Waals surface area contributed by atoms with Gasteiger partial charge in [-0.1, -0.05) is 48.0 Å². The fourth-order valence-corrected chi connectivity index (χ4v) is 5.47. The largest absolute Gasteiger partial charge is 0.416 e. The molecule has 9 heteroatoms. The van der Waals surface area contributed by atoms with Crippen molar-refractivity contribution in [2.24, 2.45) is 7.05 Å². The molecule has 188 valence electrons. The maximum Gasteiger partial charge on any atom is 0.416 e. The molecule has 0 bridgehead atoms. The van der Waals surface area contributed by atoms with Gasteiger partial charge in [0.15, 0.2) is 0 Å². The fourth-order valence-electron chi connectivity index (χ4n) is 4.36. The molecule has 0 spiro atoms. The SMILES string of the molecule is Cc1ccc(S(=O)(=O)Nc2c(-c3cc(C(F)(F)F)ccc3-c3ccccn3)c3ccccc3n2C)cc1. The Kier molecular flexibility index (Phi) is 6.03. The second-order valence-corrected chi connectivity index (χ2v) is 10.4. The van der Waals surface area contributed by atoms with Crippen LogP contribution in [0.15, 0.2) is 96.0 Å². The number of anilines is 1. The van der Waals surface area contributed by atoms with E-state index in [0.717, 1.165) is 17.7 Å². The van der Waals surface area contributed by atoms with E-state index in [2.05, 4.69) is 9.71 Å². The minimum absolute atomic E-state index is 0.0447. The standard InChI is InChI=1S/C28H22F3N3O2S/c1-18-10-13-20(14-11-18)37(35,36)33-27-26(22-7-3-4-9-25(22)34(27)2)23-17-19(28(29,30)31)12-15-21(23)24-8-5-6-16-32-24/h3-17,33H,1-2H3. The fraction of sp³-hybridized carbons (Fsp3) is 0.107. The third-order valence-corrected chi connectivity index (χ3v) is 7.58. The molecule has 5 aromatic rings. The Bertz CT molecular complexity index is 1710.